The van der Waals surface area contributed by atoms with Crippen molar-refractivity contribution in [2.24, 2.45) is 0 Å². The van der Waals surface area contributed by atoms with Crippen LogP contribution in [-0.2, 0) is 27.7 Å². The molecular formula is C27H29N3O5S. The number of hydrogen-bond acceptors (Lipinski definition) is 6. The number of aryl methyl sites for hydroxylation is 1. The summed E-state index contributed by atoms with van der Waals surface area (Å²) in [5, 5.41) is 11.9. The third-order valence-corrected chi connectivity index (χ3v) is 7.46. The van der Waals surface area contributed by atoms with Crippen LogP contribution in [0.3, 0.4) is 0 Å². The molecule has 3 aromatic rings. The Hall–Kier alpha value is -4.03. The number of carbonyl (C=O) groups is 1. The molecule has 9 heteroatoms. The maximum absolute atomic E-state index is 13.6. The van der Waals surface area contributed by atoms with Crippen molar-refractivity contribution < 1.29 is 22.7 Å². The van der Waals surface area contributed by atoms with Crippen LogP contribution >= 0.6 is 0 Å². The van der Waals surface area contributed by atoms with Crippen LogP contribution in [0.2, 0.25) is 0 Å². The number of hydrogen-bond donors (Lipinski definition) is 1. The van der Waals surface area contributed by atoms with Gasteiger partial charge in [-0.2, -0.15) is 5.26 Å². The second-order valence-corrected chi connectivity index (χ2v) is 9.78. The van der Waals surface area contributed by atoms with Gasteiger partial charge in [0.05, 0.1) is 36.4 Å². The van der Waals surface area contributed by atoms with E-state index in [4.69, 9.17) is 14.7 Å². The SMILES string of the molecule is CCc1ccccc1N(CC(=O)NCCc1ccc(OC)c(OC)c1)S(=O)(=O)c1ccc(C#N)cc1. The lowest BCUT2D eigenvalue weighted by molar-refractivity contribution is -0.119. The van der Waals surface area contributed by atoms with Crippen molar-refractivity contribution in [2.75, 3.05) is 31.6 Å². The van der Waals surface area contributed by atoms with Crippen molar-refractivity contribution >= 4 is 21.6 Å². The lowest BCUT2D eigenvalue weighted by Gasteiger charge is -2.26. The molecule has 0 atom stereocenters. The van der Waals surface area contributed by atoms with Crippen molar-refractivity contribution in [3.63, 3.8) is 0 Å². The van der Waals surface area contributed by atoms with Gasteiger partial charge in [-0.1, -0.05) is 31.2 Å². The molecule has 0 saturated carbocycles. The maximum Gasteiger partial charge on any atom is 0.264 e. The first-order chi connectivity index (χ1) is 17.3. The first kappa shape index (κ1) is 26.6. The molecule has 0 spiro atoms. The largest absolute Gasteiger partial charge is 0.493 e. The zero-order valence-electron chi connectivity index (χ0n) is 20.5. The second-order valence-electron chi connectivity index (χ2n) is 7.92. The van der Waals surface area contributed by atoms with E-state index in [2.05, 4.69) is 5.32 Å². The number of rotatable bonds is 11. The maximum atomic E-state index is 13.6. The predicted octanol–water partition coefficient (Wildman–Crippen LogP) is 3.69. The van der Waals surface area contributed by atoms with Crippen LogP contribution in [-0.4, -0.2) is 41.6 Å². The minimum absolute atomic E-state index is 0.00512. The lowest BCUT2D eigenvalue weighted by atomic mass is 10.1. The molecule has 188 valence electrons. The molecule has 36 heavy (non-hydrogen) atoms. The number of anilines is 1. The number of methoxy groups -OCH3 is 2. The molecule has 3 aromatic carbocycles. The van der Waals surface area contributed by atoms with Gasteiger partial charge in [0.15, 0.2) is 11.5 Å². The summed E-state index contributed by atoms with van der Waals surface area (Å²) in [7, 11) is -0.950. The molecule has 0 saturated heterocycles. The predicted molar refractivity (Wildman–Crippen MR) is 138 cm³/mol. The number of benzene rings is 3. The van der Waals surface area contributed by atoms with E-state index in [9.17, 15) is 13.2 Å². The van der Waals surface area contributed by atoms with Gasteiger partial charge in [-0.3, -0.25) is 9.10 Å². The standard InChI is InChI=1S/C27H29N3O5S/c1-4-22-7-5-6-8-24(22)30(36(32,33)23-12-9-21(18-28)10-13-23)19-27(31)29-16-15-20-11-14-25(34-2)26(17-20)35-3/h5-14,17H,4,15-16,19H2,1-3H3,(H,29,31). The zero-order chi connectivity index (χ0) is 26.1. The summed E-state index contributed by atoms with van der Waals surface area (Å²) in [4.78, 5) is 12.9. The van der Waals surface area contributed by atoms with E-state index in [-0.39, 0.29) is 11.4 Å². The van der Waals surface area contributed by atoms with Gasteiger partial charge >= 0.3 is 0 Å². The van der Waals surface area contributed by atoms with Gasteiger partial charge in [0.1, 0.15) is 6.54 Å². The molecule has 0 radical (unpaired) electrons. The first-order valence-electron chi connectivity index (χ1n) is 11.4. The average Bonchev–Trinajstić information content (AvgIpc) is 2.91. The molecule has 0 bridgehead atoms. The molecule has 0 heterocycles. The molecule has 1 amide bonds. The van der Waals surface area contributed by atoms with Crippen molar-refractivity contribution in [2.45, 2.75) is 24.7 Å². The van der Waals surface area contributed by atoms with Crippen molar-refractivity contribution in [1.82, 2.24) is 5.32 Å². The van der Waals surface area contributed by atoms with Crippen LogP contribution in [0.4, 0.5) is 5.69 Å². The Balaban J connectivity index is 1.80. The second kappa shape index (κ2) is 12.1. The Labute approximate surface area is 212 Å². The molecule has 0 aliphatic rings. The van der Waals surface area contributed by atoms with E-state index < -0.39 is 15.9 Å². The molecular weight excluding hydrogens is 478 g/mol. The van der Waals surface area contributed by atoms with Gasteiger partial charge in [-0.05, 0) is 66.4 Å². The minimum Gasteiger partial charge on any atom is -0.493 e. The van der Waals surface area contributed by atoms with Gasteiger partial charge in [0, 0.05) is 6.54 Å². The van der Waals surface area contributed by atoms with E-state index in [0.29, 0.717) is 42.1 Å². The highest BCUT2D eigenvalue weighted by molar-refractivity contribution is 7.92. The fourth-order valence-electron chi connectivity index (χ4n) is 3.75. The molecule has 0 fully saturated rings. The van der Waals surface area contributed by atoms with E-state index >= 15 is 0 Å². The van der Waals surface area contributed by atoms with Crippen LogP contribution < -0.4 is 19.1 Å². The zero-order valence-corrected chi connectivity index (χ0v) is 21.3. The number of amides is 1. The van der Waals surface area contributed by atoms with E-state index in [1.165, 1.54) is 24.3 Å². The smallest absolute Gasteiger partial charge is 0.264 e. The van der Waals surface area contributed by atoms with Gasteiger partial charge in [-0.25, -0.2) is 8.42 Å². The van der Waals surface area contributed by atoms with Gasteiger partial charge in [0.25, 0.3) is 10.0 Å². The molecule has 1 N–H and O–H groups in total. The highest BCUT2D eigenvalue weighted by Crippen LogP contribution is 2.29. The summed E-state index contributed by atoms with van der Waals surface area (Å²) in [6.07, 6.45) is 1.12. The third-order valence-electron chi connectivity index (χ3n) is 5.68. The Morgan fingerprint density at radius 3 is 2.33 bits per heavy atom. The summed E-state index contributed by atoms with van der Waals surface area (Å²) >= 11 is 0. The normalized spacial score (nSPS) is 10.8. The fraction of sp³-hybridized carbons (Fsp3) is 0.259. The van der Waals surface area contributed by atoms with E-state index in [1.54, 1.807) is 32.4 Å². The lowest BCUT2D eigenvalue weighted by Crippen LogP contribution is -2.41. The van der Waals surface area contributed by atoms with Crippen LogP contribution in [0, 0.1) is 11.3 Å². The Morgan fingerprint density at radius 1 is 1.00 bits per heavy atom. The van der Waals surface area contributed by atoms with E-state index in [1.807, 2.05) is 37.3 Å². The van der Waals surface area contributed by atoms with Crippen LogP contribution in [0.5, 0.6) is 11.5 Å². The van der Waals surface area contributed by atoms with Crippen LogP contribution in [0.25, 0.3) is 0 Å². The molecule has 3 rings (SSSR count). The van der Waals surface area contributed by atoms with Gasteiger partial charge < -0.3 is 14.8 Å². The highest BCUT2D eigenvalue weighted by Gasteiger charge is 2.28. The molecule has 0 aromatic heterocycles. The minimum atomic E-state index is -4.07. The fourth-order valence-corrected chi connectivity index (χ4v) is 5.21. The molecule has 0 unspecified atom stereocenters. The van der Waals surface area contributed by atoms with Crippen molar-refractivity contribution in [1.29, 1.82) is 5.26 Å². The van der Waals surface area contributed by atoms with E-state index in [0.717, 1.165) is 15.4 Å². The summed E-state index contributed by atoms with van der Waals surface area (Å²) in [6.45, 7) is 1.86. The Bertz CT molecular complexity index is 1350. The quantitative estimate of drug-likeness (QED) is 0.424. The number of nitriles is 1. The topological polar surface area (TPSA) is 109 Å². The van der Waals surface area contributed by atoms with Crippen molar-refractivity contribution in [3.05, 3.63) is 83.4 Å². The number of nitrogens with zero attached hydrogens (tertiary/aromatic N) is 2. The van der Waals surface area contributed by atoms with Crippen LogP contribution in [0.1, 0.15) is 23.6 Å². The Morgan fingerprint density at radius 2 is 1.69 bits per heavy atom. The average molecular weight is 508 g/mol. The van der Waals surface area contributed by atoms with Gasteiger partial charge in [0.2, 0.25) is 5.91 Å². The highest BCUT2D eigenvalue weighted by atomic mass is 32.2. The molecule has 8 nitrogen and oxygen atoms in total. The summed E-state index contributed by atoms with van der Waals surface area (Å²) in [5.41, 5.74) is 2.53. The van der Waals surface area contributed by atoms with Crippen LogP contribution in [0.15, 0.2) is 71.6 Å². The summed E-state index contributed by atoms with van der Waals surface area (Å²) in [5.74, 6) is 0.777. The monoisotopic (exact) mass is 507 g/mol. The van der Waals surface area contributed by atoms with Gasteiger partial charge in [-0.15, -0.1) is 0 Å². The number of ether oxygens (including phenoxy) is 2. The first-order valence-corrected chi connectivity index (χ1v) is 12.9. The summed E-state index contributed by atoms with van der Waals surface area (Å²) in [6, 6.07) is 20.2. The van der Waals surface area contributed by atoms with Crippen molar-refractivity contribution in [3.8, 4) is 17.6 Å². The number of sulfonamides is 1. The molecule has 0 aliphatic carbocycles. The Kier molecular flexibility index (Phi) is 8.92. The third kappa shape index (κ3) is 6.15. The molecule has 0 aliphatic heterocycles. The summed E-state index contributed by atoms with van der Waals surface area (Å²) < 4.78 is 38.9. The number of nitrogens with one attached hydrogen (secondary N) is 1. The number of para-hydroxylation sites is 1. The number of carbonyl (C=O) groups excluding carboxylic acids is 1.